The molecule has 4 rings (SSSR count). The van der Waals surface area contributed by atoms with Gasteiger partial charge in [-0.2, -0.15) is 0 Å². The molecule has 0 bridgehead atoms. The summed E-state index contributed by atoms with van der Waals surface area (Å²) in [7, 11) is 0. The summed E-state index contributed by atoms with van der Waals surface area (Å²) >= 11 is 0. The fraction of sp³-hybridized carbons (Fsp3) is 0.200. The van der Waals surface area contributed by atoms with Crippen molar-refractivity contribution in [2.24, 2.45) is 0 Å². The highest BCUT2D eigenvalue weighted by atomic mass is 16.1. The number of pyridine rings is 1. The number of unbranched alkanes of at least 4 members (excludes halogenated alkanes) is 1. The molecular weight excluding hydrogens is 374 g/mol. The summed E-state index contributed by atoms with van der Waals surface area (Å²) < 4.78 is 0. The number of rotatable bonds is 6. The third-order valence-corrected chi connectivity index (χ3v) is 5.30. The molecule has 2 aromatic carbocycles. The maximum atomic E-state index is 12.6. The van der Waals surface area contributed by atoms with Crippen molar-refractivity contribution in [1.29, 1.82) is 0 Å². The third-order valence-electron chi connectivity index (χ3n) is 5.30. The third kappa shape index (κ3) is 3.79. The van der Waals surface area contributed by atoms with Gasteiger partial charge in [-0.3, -0.25) is 9.59 Å². The largest absolute Gasteiger partial charge is 0.354 e. The average molecular weight is 399 g/mol. The van der Waals surface area contributed by atoms with Crippen LogP contribution < -0.4 is 10.9 Å². The van der Waals surface area contributed by atoms with Crippen LogP contribution in [0.1, 0.15) is 35.7 Å². The van der Waals surface area contributed by atoms with Crippen molar-refractivity contribution in [1.82, 2.24) is 15.3 Å². The van der Waals surface area contributed by atoms with Crippen molar-refractivity contribution in [2.45, 2.75) is 26.7 Å². The SMILES string of the molecule is CCCCNC(=O)c1ccc2[nH]c(-c3ccc[nH]c3=O)c(-c3ccc(C)cc3)c2c1. The minimum atomic E-state index is -0.157. The van der Waals surface area contributed by atoms with Crippen LogP contribution in [0, 0.1) is 6.92 Å². The van der Waals surface area contributed by atoms with Crippen molar-refractivity contribution in [3.63, 3.8) is 0 Å². The fourth-order valence-corrected chi connectivity index (χ4v) is 3.65. The van der Waals surface area contributed by atoms with E-state index >= 15 is 0 Å². The Balaban J connectivity index is 1.90. The minimum absolute atomic E-state index is 0.0829. The second-order valence-corrected chi connectivity index (χ2v) is 7.52. The average Bonchev–Trinajstić information content (AvgIpc) is 3.13. The number of fused-ring (bicyclic) bond motifs is 1. The molecule has 0 fully saturated rings. The Hall–Kier alpha value is -3.60. The van der Waals surface area contributed by atoms with Gasteiger partial charge >= 0.3 is 0 Å². The van der Waals surface area contributed by atoms with Gasteiger partial charge < -0.3 is 15.3 Å². The van der Waals surface area contributed by atoms with Crippen molar-refractivity contribution in [3.05, 3.63) is 82.3 Å². The first-order valence-electron chi connectivity index (χ1n) is 10.3. The summed E-state index contributed by atoms with van der Waals surface area (Å²) in [5, 5.41) is 3.89. The lowest BCUT2D eigenvalue weighted by Crippen LogP contribution is -2.24. The highest BCUT2D eigenvalue weighted by Crippen LogP contribution is 2.37. The fourth-order valence-electron chi connectivity index (χ4n) is 3.65. The molecule has 1 amide bonds. The summed E-state index contributed by atoms with van der Waals surface area (Å²) in [5.41, 5.74) is 5.73. The summed E-state index contributed by atoms with van der Waals surface area (Å²) in [6, 6.07) is 17.4. The monoisotopic (exact) mass is 399 g/mol. The van der Waals surface area contributed by atoms with E-state index in [4.69, 9.17) is 0 Å². The predicted octanol–water partition coefficient (Wildman–Crippen LogP) is 5.03. The van der Waals surface area contributed by atoms with Crippen LogP contribution in [0.3, 0.4) is 0 Å². The molecule has 0 aliphatic rings. The number of benzene rings is 2. The van der Waals surface area contributed by atoms with Gasteiger partial charge in [0.2, 0.25) is 0 Å². The van der Waals surface area contributed by atoms with Crippen LogP contribution in [0.5, 0.6) is 0 Å². The van der Waals surface area contributed by atoms with Crippen LogP contribution in [-0.4, -0.2) is 22.4 Å². The molecule has 2 heterocycles. The van der Waals surface area contributed by atoms with E-state index in [2.05, 4.69) is 34.3 Å². The molecular formula is C25H25N3O2. The lowest BCUT2D eigenvalue weighted by atomic mass is 9.97. The number of aromatic amines is 2. The van der Waals surface area contributed by atoms with E-state index in [0.29, 0.717) is 17.7 Å². The summed E-state index contributed by atoms with van der Waals surface area (Å²) in [6.45, 7) is 4.80. The molecule has 4 aromatic rings. The Bertz CT molecular complexity index is 1250. The number of nitrogens with one attached hydrogen (secondary N) is 3. The molecule has 2 aromatic heterocycles. The first kappa shape index (κ1) is 19.7. The number of aromatic nitrogens is 2. The van der Waals surface area contributed by atoms with E-state index in [-0.39, 0.29) is 11.5 Å². The molecule has 3 N–H and O–H groups in total. The second kappa shape index (κ2) is 8.41. The number of H-pyrrole nitrogens is 2. The molecule has 0 radical (unpaired) electrons. The quantitative estimate of drug-likeness (QED) is 0.398. The molecule has 5 heteroatoms. The summed E-state index contributed by atoms with van der Waals surface area (Å²) in [4.78, 5) is 31.3. The Labute approximate surface area is 175 Å². The van der Waals surface area contributed by atoms with E-state index in [1.54, 1.807) is 12.3 Å². The topological polar surface area (TPSA) is 77.8 Å². The van der Waals surface area contributed by atoms with Crippen LogP contribution in [0.2, 0.25) is 0 Å². The van der Waals surface area contributed by atoms with Gasteiger partial charge in [0.25, 0.3) is 11.5 Å². The van der Waals surface area contributed by atoms with Crippen LogP contribution in [-0.2, 0) is 0 Å². The zero-order valence-electron chi connectivity index (χ0n) is 17.2. The molecule has 0 saturated heterocycles. The molecule has 0 unspecified atom stereocenters. The summed E-state index contributed by atoms with van der Waals surface area (Å²) in [6.07, 6.45) is 3.61. The predicted molar refractivity (Wildman–Crippen MR) is 122 cm³/mol. The van der Waals surface area contributed by atoms with Gasteiger partial charge in [0.05, 0.1) is 11.3 Å². The Morgan fingerprint density at radius 3 is 2.60 bits per heavy atom. The first-order chi connectivity index (χ1) is 14.6. The van der Waals surface area contributed by atoms with Crippen LogP contribution in [0.4, 0.5) is 0 Å². The van der Waals surface area contributed by atoms with Crippen LogP contribution in [0.15, 0.2) is 65.6 Å². The zero-order chi connectivity index (χ0) is 21.1. The van der Waals surface area contributed by atoms with Crippen molar-refractivity contribution in [2.75, 3.05) is 6.54 Å². The molecule has 0 aliphatic heterocycles. The highest BCUT2D eigenvalue weighted by Gasteiger charge is 2.18. The Morgan fingerprint density at radius 1 is 1.07 bits per heavy atom. The standard InChI is InChI=1S/C25H25N3O2/c1-3-4-13-26-24(29)18-11-12-21-20(15-18)22(17-9-7-16(2)8-10-17)23(28-21)19-6-5-14-27-25(19)30/h5-12,14-15,28H,3-4,13H2,1-2H3,(H,26,29)(H,27,30). The van der Waals surface area contributed by atoms with Gasteiger partial charge in [0, 0.05) is 34.8 Å². The number of carbonyl (C=O) groups is 1. The first-order valence-corrected chi connectivity index (χ1v) is 10.3. The lowest BCUT2D eigenvalue weighted by Gasteiger charge is -2.07. The van der Waals surface area contributed by atoms with E-state index in [9.17, 15) is 9.59 Å². The number of hydrogen-bond acceptors (Lipinski definition) is 2. The number of aryl methyl sites for hydroxylation is 1. The maximum Gasteiger partial charge on any atom is 0.257 e. The van der Waals surface area contributed by atoms with Gasteiger partial charge in [0.15, 0.2) is 0 Å². The number of amides is 1. The van der Waals surface area contributed by atoms with E-state index in [0.717, 1.165) is 46.1 Å². The van der Waals surface area contributed by atoms with Crippen LogP contribution >= 0.6 is 0 Å². The number of hydrogen-bond donors (Lipinski definition) is 3. The van der Waals surface area contributed by atoms with Gasteiger partial charge in [-0.1, -0.05) is 43.2 Å². The lowest BCUT2D eigenvalue weighted by molar-refractivity contribution is 0.0953. The Morgan fingerprint density at radius 2 is 1.87 bits per heavy atom. The second-order valence-electron chi connectivity index (χ2n) is 7.52. The van der Waals surface area contributed by atoms with Crippen molar-refractivity contribution in [3.8, 4) is 22.4 Å². The number of carbonyl (C=O) groups excluding carboxylic acids is 1. The van der Waals surface area contributed by atoms with E-state index in [1.807, 2.05) is 43.3 Å². The van der Waals surface area contributed by atoms with E-state index in [1.165, 1.54) is 0 Å². The van der Waals surface area contributed by atoms with E-state index < -0.39 is 0 Å². The van der Waals surface area contributed by atoms with Crippen molar-refractivity contribution < 1.29 is 4.79 Å². The van der Waals surface area contributed by atoms with Gasteiger partial charge in [0.1, 0.15) is 0 Å². The normalized spacial score (nSPS) is 11.0. The Kier molecular flexibility index (Phi) is 5.53. The molecule has 0 saturated carbocycles. The van der Waals surface area contributed by atoms with Crippen LogP contribution in [0.25, 0.3) is 33.3 Å². The maximum absolute atomic E-state index is 12.6. The van der Waals surface area contributed by atoms with Gasteiger partial charge in [-0.25, -0.2) is 0 Å². The van der Waals surface area contributed by atoms with Crippen molar-refractivity contribution >= 4 is 16.8 Å². The molecule has 152 valence electrons. The van der Waals surface area contributed by atoms with Gasteiger partial charge in [-0.05, 0) is 49.2 Å². The molecule has 0 atom stereocenters. The molecule has 30 heavy (non-hydrogen) atoms. The molecule has 0 spiro atoms. The highest BCUT2D eigenvalue weighted by molar-refractivity contribution is 6.07. The van der Waals surface area contributed by atoms with Gasteiger partial charge in [-0.15, -0.1) is 0 Å². The zero-order valence-corrected chi connectivity index (χ0v) is 17.2. The molecule has 0 aliphatic carbocycles. The molecule has 5 nitrogen and oxygen atoms in total. The summed E-state index contributed by atoms with van der Waals surface area (Å²) in [5.74, 6) is -0.0829. The minimum Gasteiger partial charge on any atom is -0.354 e. The smallest absolute Gasteiger partial charge is 0.257 e.